The number of anilines is 1. The maximum Gasteiger partial charge on any atom is 0.0357 e. The third-order valence-electron chi connectivity index (χ3n) is 3.53. The van der Waals surface area contributed by atoms with Crippen LogP contribution in [0.4, 0.5) is 5.69 Å². The van der Waals surface area contributed by atoms with E-state index in [1.807, 2.05) is 0 Å². The summed E-state index contributed by atoms with van der Waals surface area (Å²) in [6.45, 7) is 9.24. The second-order valence-corrected chi connectivity index (χ2v) is 7.54. The summed E-state index contributed by atoms with van der Waals surface area (Å²) in [5.41, 5.74) is 3.17. The van der Waals surface area contributed by atoms with Gasteiger partial charge in [-0.2, -0.15) is 11.8 Å². The molecule has 1 heterocycles. The zero-order valence-electron chi connectivity index (χ0n) is 12.0. The molecule has 2 rings (SSSR count). The summed E-state index contributed by atoms with van der Waals surface area (Å²) in [6, 6.07) is 9.49. The second kappa shape index (κ2) is 5.56. The normalized spacial score (nSPS) is 23.1. The van der Waals surface area contributed by atoms with E-state index in [0.717, 1.165) is 0 Å². The minimum atomic E-state index is 0.468. The topological polar surface area (TPSA) is 12.0 Å². The first-order valence-corrected chi connectivity index (χ1v) is 8.06. The van der Waals surface area contributed by atoms with Gasteiger partial charge < -0.3 is 5.32 Å². The molecule has 1 saturated heterocycles. The molecule has 1 unspecified atom stereocenters. The van der Waals surface area contributed by atoms with Gasteiger partial charge >= 0.3 is 0 Å². The quantitative estimate of drug-likeness (QED) is 0.844. The van der Waals surface area contributed by atoms with Crippen LogP contribution in [0.15, 0.2) is 24.3 Å². The van der Waals surface area contributed by atoms with E-state index in [0.29, 0.717) is 17.4 Å². The predicted octanol–water partition coefficient (Wildman–Crippen LogP) is 4.75. The fourth-order valence-electron chi connectivity index (χ4n) is 2.58. The Balaban J connectivity index is 2.03. The largest absolute Gasteiger partial charge is 0.381 e. The molecule has 100 valence electrons. The third kappa shape index (κ3) is 3.68. The predicted molar refractivity (Wildman–Crippen MR) is 83.7 cm³/mol. The Morgan fingerprint density at radius 1 is 1.33 bits per heavy atom. The minimum absolute atomic E-state index is 0.468. The zero-order chi connectivity index (χ0) is 13.2. The highest BCUT2D eigenvalue weighted by Gasteiger charge is 2.28. The summed E-state index contributed by atoms with van der Waals surface area (Å²) in [5, 5.41) is 3.71. The lowest BCUT2D eigenvalue weighted by Gasteiger charge is -2.35. The fourth-order valence-corrected chi connectivity index (χ4v) is 3.85. The number of hydrogen-bond acceptors (Lipinski definition) is 2. The van der Waals surface area contributed by atoms with Gasteiger partial charge in [-0.25, -0.2) is 0 Å². The van der Waals surface area contributed by atoms with Gasteiger partial charge in [-0.1, -0.05) is 39.8 Å². The Labute approximate surface area is 116 Å². The van der Waals surface area contributed by atoms with E-state index in [2.05, 4.69) is 69.0 Å². The monoisotopic (exact) mass is 263 g/mol. The molecule has 1 atom stereocenters. The SMILES string of the molecule is CC(C)c1cccc(NC2CSCC(C)(C)C2)c1. The van der Waals surface area contributed by atoms with Crippen LogP contribution in [-0.2, 0) is 0 Å². The number of hydrogen-bond donors (Lipinski definition) is 1. The van der Waals surface area contributed by atoms with Crippen LogP contribution in [0.3, 0.4) is 0 Å². The highest BCUT2D eigenvalue weighted by molar-refractivity contribution is 7.99. The number of rotatable bonds is 3. The van der Waals surface area contributed by atoms with Crippen LogP contribution in [0.25, 0.3) is 0 Å². The van der Waals surface area contributed by atoms with E-state index in [9.17, 15) is 0 Å². The highest BCUT2D eigenvalue weighted by Crippen LogP contribution is 2.34. The Hall–Kier alpha value is -0.630. The Morgan fingerprint density at radius 2 is 2.11 bits per heavy atom. The van der Waals surface area contributed by atoms with Crippen LogP contribution >= 0.6 is 11.8 Å². The molecule has 1 nitrogen and oxygen atoms in total. The first kappa shape index (κ1) is 13.8. The standard InChI is InChI=1S/C16H25NS/c1-12(2)13-6-5-7-14(8-13)17-15-9-16(3,4)11-18-10-15/h5-8,12,15,17H,9-11H2,1-4H3. The van der Waals surface area contributed by atoms with Gasteiger partial charge in [0.2, 0.25) is 0 Å². The summed E-state index contributed by atoms with van der Waals surface area (Å²) >= 11 is 2.08. The molecule has 0 spiro atoms. The Kier molecular flexibility index (Phi) is 4.26. The van der Waals surface area contributed by atoms with Crippen molar-refractivity contribution in [3.63, 3.8) is 0 Å². The van der Waals surface area contributed by atoms with Crippen LogP contribution in [0.2, 0.25) is 0 Å². The van der Waals surface area contributed by atoms with Crippen molar-refractivity contribution in [3.8, 4) is 0 Å². The van der Waals surface area contributed by atoms with Crippen molar-refractivity contribution < 1.29 is 0 Å². The van der Waals surface area contributed by atoms with E-state index in [4.69, 9.17) is 0 Å². The van der Waals surface area contributed by atoms with Gasteiger partial charge in [-0.15, -0.1) is 0 Å². The van der Waals surface area contributed by atoms with Gasteiger partial charge in [0, 0.05) is 17.5 Å². The van der Waals surface area contributed by atoms with Gasteiger partial charge in [0.25, 0.3) is 0 Å². The van der Waals surface area contributed by atoms with Crippen LogP contribution in [0, 0.1) is 5.41 Å². The molecular formula is C16H25NS. The zero-order valence-corrected chi connectivity index (χ0v) is 12.8. The van der Waals surface area contributed by atoms with Gasteiger partial charge in [0.1, 0.15) is 0 Å². The molecule has 18 heavy (non-hydrogen) atoms. The van der Waals surface area contributed by atoms with Crippen molar-refractivity contribution in [1.29, 1.82) is 0 Å². The molecule has 0 bridgehead atoms. The molecule has 0 aliphatic carbocycles. The molecule has 1 aromatic carbocycles. The molecule has 1 aromatic rings. The third-order valence-corrected chi connectivity index (χ3v) is 5.16. The van der Waals surface area contributed by atoms with Gasteiger partial charge in [0.15, 0.2) is 0 Å². The van der Waals surface area contributed by atoms with E-state index in [-0.39, 0.29) is 0 Å². The summed E-state index contributed by atoms with van der Waals surface area (Å²) in [6.07, 6.45) is 1.27. The summed E-state index contributed by atoms with van der Waals surface area (Å²) < 4.78 is 0. The first-order valence-electron chi connectivity index (χ1n) is 6.90. The van der Waals surface area contributed by atoms with Crippen molar-refractivity contribution in [2.45, 2.75) is 46.1 Å². The molecule has 0 amide bonds. The summed E-state index contributed by atoms with van der Waals surface area (Å²) in [4.78, 5) is 0. The van der Waals surface area contributed by atoms with E-state index in [1.165, 1.54) is 29.2 Å². The molecule has 2 heteroatoms. The average molecular weight is 263 g/mol. The molecule has 0 aromatic heterocycles. The molecule has 1 aliphatic heterocycles. The van der Waals surface area contributed by atoms with Crippen LogP contribution in [-0.4, -0.2) is 17.5 Å². The number of thioether (sulfide) groups is 1. The molecular weight excluding hydrogens is 238 g/mol. The Bertz CT molecular complexity index is 398. The minimum Gasteiger partial charge on any atom is -0.381 e. The molecule has 1 N–H and O–H groups in total. The Morgan fingerprint density at radius 3 is 2.78 bits per heavy atom. The number of nitrogens with one attached hydrogen (secondary N) is 1. The second-order valence-electron chi connectivity index (χ2n) is 6.50. The van der Waals surface area contributed by atoms with Crippen molar-refractivity contribution in [2.24, 2.45) is 5.41 Å². The molecule has 1 fully saturated rings. The number of benzene rings is 1. The lowest BCUT2D eigenvalue weighted by atomic mass is 9.87. The maximum atomic E-state index is 3.71. The maximum absolute atomic E-state index is 3.71. The first-order chi connectivity index (χ1) is 8.46. The summed E-state index contributed by atoms with van der Waals surface area (Å²) in [5.74, 6) is 3.12. The van der Waals surface area contributed by atoms with Crippen LogP contribution in [0.1, 0.15) is 45.6 Å². The van der Waals surface area contributed by atoms with Gasteiger partial charge in [-0.05, 0) is 41.2 Å². The van der Waals surface area contributed by atoms with Crippen LogP contribution in [0.5, 0.6) is 0 Å². The van der Waals surface area contributed by atoms with Crippen molar-refractivity contribution in [1.82, 2.24) is 0 Å². The molecule has 1 aliphatic rings. The smallest absolute Gasteiger partial charge is 0.0357 e. The van der Waals surface area contributed by atoms with Crippen LogP contribution < -0.4 is 5.32 Å². The van der Waals surface area contributed by atoms with Gasteiger partial charge in [0.05, 0.1) is 0 Å². The van der Waals surface area contributed by atoms with Crippen molar-refractivity contribution in [3.05, 3.63) is 29.8 Å². The van der Waals surface area contributed by atoms with Gasteiger partial charge in [-0.3, -0.25) is 0 Å². The highest BCUT2D eigenvalue weighted by atomic mass is 32.2. The van der Waals surface area contributed by atoms with Crippen molar-refractivity contribution >= 4 is 17.4 Å². The molecule has 0 radical (unpaired) electrons. The molecule has 0 saturated carbocycles. The fraction of sp³-hybridized carbons (Fsp3) is 0.625. The van der Waals surface area contributed by atoms with Crippen molar-refractivity contribution in [2.75, 3.05) is 16.8 Å². The van der Waals surface area contributed by atoms with E-state index >= 15 is 0 Å². The lowest BCUT2D eigenvalue weighted by Crippen LogP contribution is -2.35. The average Bonchev–Trinajstić information content (AvgIpc) is 2.28. The van der Waals surface area contributed by atoms with E-state index < -0.39 is 0 Å². The lowest BCUT2D eigenvalue weighted by molar-refractivity contribution is 0.358. The van der Waals surface area contributed by atoms with E-state index in [1.54, 1.807) is 0 Å². The summed E-state index contributed by atoms with van der Waals surface area (Å²) in [7, 11) is 0.